The van der Waals surface area contributed by atoms with Crippen molar-refractivity contribution in [2.75, 3.05) is 26.3 Å². The molecule has 1 aliphatic carbocycles. The van der Waals surface area contributed by atoms with E-state index in [9.17, 15) is 14.4 Å². The monoisotopic (exact) mass is 700 g/mol. The molecule has 9 nitrogen and oxygen atoms in total. The molecule has 47 heavy (non-hydrogen) atoms. The van der Waals surface area contributed by atoms with Crippen molar-refractivity contribution in [3.05, 3.63) is 100 Å². The van der Waals surface area contributed by atoms with Gasteiger partial charge >= 0.3 is 0 Å². The van der Waals surface area contributed by atoms with E-state index in [-0.39, 0.29) is 42.8 Å². The van der Waals surface area contributed by atoms with Crippen LogP contribution in [0.25, 0.3) is 5.57 Å². The fraction of sp³-hybridized carbons (Fsp3) is 0.378. The van der Waals surface area contributed by atoms with Crippen molar-refractivity contribution >= 4 is 39.2 Å². The number of ether oxygens (including phenoxy) is 2. The van der Waals surface area contributed by atoms with E-state index in [1.165, 1.54) is 0 Å². The van der Waals surface area contributed by atoms with Gasteiger partial charge in [-0.15, -0.1) is 0 Å². The van der Waals surface area contributed by atoms with E-state index in [4.69, 9.17) is 15.2 Å². The zero-order chi connectivity index (χ0) is 32.8. The number of piperazine rings is 1. The zero-order valence-corrected chi connectivity index (χ0v) is 28.0. The summed E-state index contributed by atoms with van der Waals surface area (Å²) in [6, 6.07) is 25.7. The third-order valence-electron chi connectivity index (χ3n) is 8.88. The maximum Gasteiger partial charge on any atom is 0.252 e. The molecule has 0 aromatic heterocycles. The lowest BCUT2D eigenvalue weighted by atomic mass is 9.82. The van der Waals surface area contributed by atoms with Gasteiger partial charge in [0.2, 0.25) is 11.8 Å². The molecule has 0 unspecified atom stereocenters. The Hall–Kier alpha value is -4.15. The maximum atomic E-state index is 14.6. The van der Waals surface area contributed by atoms with E-state index in [2.05, 4.69) is 33.4 Å². The molecule has 2 heterocycles. The standard InChI is InChI=1S/C37H41BrN4O5/c38-27-11-17-31(18-12-27)47-20-19-46-30-15-9-26(10-16-30)32-21-28-23-41(35(44)8-4-7-34(39)43)24-33(40-28)36(32)37(45)42(29-13-14-29)22-25-5-2-1-3-6-25/h1-3,5-6,9-12,15-18,28-29,33,40H,4,7-8,13-14,19-24H2,(H2,39,43)/t28-,33-/m1/s1. The number of benzene rings is 3. The number of carbonyl (C=O) groups is 3. The highest BCUT2D eigenvalue weighted by atomic mass is 79.9. The topological polar surface area (TPSA) is 114 Å². The minimum Gasteiger partial charge on any atom is -0.490 e. The Morgan fingerprint density at radius 3 is 2.17 bits per heavy atom. The molecular weight excluding hydrogens is 660 g/mol. The average Bonchev–Trinajstić information content (AvgIpc) is 3.92. The predicted octanol–water partition coefficient (Wildman–Crippen LogP) is 5.08. The first-order chi connectivity index (χ1) is 22.8. The quantitative estimate of drug-likeness (QED) is 0.227. The Balaban J connectivity index is 1.21. The van der Waals surface area contributed by atoms with E-state index in [1.54, 1.807) is 0 Å². The number of halogens is 1. The van der Waals surface area contributed by atoms with Crippen molar-refractivity contribution in [1.82, 2.24) is 15.1 Å². The van der Waals surface area contributed by atoms with Gasteiger partial charge in [0.05, 0.1) is 6.04 Å². The highest BCUT2D eigenvalue weighted by Crippen LogP contribution is 2.38. The summed E-state index contributed by atoms with van der Waals surface area (Å²) in [4.78, 5) is 42.9. The van der Waals surface area contributed by atoms with Crippen LogP contribution in [-0.4, -0.2) is 72.0 Å². The van der Waals surface area contributed by atoms with Crippen LogP contribution in [0, 0.1) is 0 Å². The Bertz CT molecular complexity index is 1590. The molecule has 3 aliphatic rings. The van der Waals surface area contributed by atoms with E-state index < -0.39 is 5.91 Å². The summed E-state index contributed by atoms with van der Waals surface area (Å²) in [6.07, 6.45) is 3.48. The third-order valence-corrected chi connectivity index (χ3v) is 9.41. The Morgan fingerprint density at radius 1 is 0.872 bits per heavy atom. The smallest absolute Gasteiger partial charge is 0.252 e. The first-order valence-corrected chi connectivity index (χ1v) is 17.1. The van der Waals surface area contributed by atoms with Crippen LogP contribution in [0.15, 0.2) is 88.9 Å². The summed E-state index contributed by atoms with van der Waals surface area (Å²) in [5, 5.41) is 3.67. The van der Waals surface area contributed by atoms with Gasteiger partial charge in [0, 0.05) is 54.6 Å². The number of nitrogens with zero attached hydrogens (tertiary/aromatic N) is 2. The minimum absolute atomic E-state index is 0.00745. The van der Waals surface area contributed by atoms with Crippen molar-refractivity contribution in [1.29, 1.82) is 0 Å². The molecule has 2 atom stereocenters. The second-order valence-corrected chi connectivity index (χ2v) is 13.4. The lowest BCUT2D eigenvalue weighted by Crippen LogP contribution is -2.62. The highest BCUT2D eigenvalue weighted by Gasteiger charge is 2.43. The van der Waals surface area contributed by atoms with Gasteiger partial charge in [-0.1, -0.05) is 58.4 Å². The summed E-state index contributed by atoms with van der Waals surface area (Å²) >= 11 is 3.43. The van der Waals surface area contributed by atoms with Crippen LogP contribution in [0.3, 0.4) is 0 Å². The SMILES string of the molecule is NC(=O)CCCC(=O)N1C[C@H]2CC(c3ccc(OCCOc4ccc(Br)cc4)cc3)=C(C(=O)N(Cc3ccccc3)C3CC3)[C@@H](C1)N2. The van der Waals surface area contributed by atoms with Crippen LogP contribution < -0.4 is 20.5 Å². The number of primary amides is 1. The number of nitrogens with one attached hydrogen (secondary N) is 1. The van der Waals surface area contributed by atoms with Crippen LogP contribution in [-0.2, 0) is 20.9 Å². The molecule has 1 saturated heterocycles. The number of hydrogen-bond donors (Lipinski definition) is 2. The highest BCUT2D eigenvalue weighted by molar-refractivity contribution is 9.10. The Morgan fingerprint density at radius 2 is 1.53 bits per heavy atom. The normalized spacial score (nSPS) is 18.9. The first-order valence-electron chi connectivity index (χ1n) is 16.4. The van der Waals surface area contributed by atoms with Crippen LogP contribution in [0.1, 0.15) is 49.7 Å². The predicted molar refractivity (Wildman–Crippen MR) is 183 cm³/mol. The molecule has 2 aliphatic heterocycles. The molecule has 6 rings (SSSR count). The molecule has 3 amide bonds. The molecule has 3 aromatic carbocycles. The van der Waals surface area contributed by atoms with Crippen molar-refractivity contribution in [3.63, 3.8) is 0 Å². The summed E-state index contributed by atoms with van der Waals surface area (Å²) < 4.78 is 12.7. The summed E-state index contributed by atoms with van der Waals surface area (Å²) in [7, 11) is 0. The Kier molecular flexibility index (Phi) is 10.6. The van der Waals surface area contributed by atoms with Crippen molar-refractivity contribution in [3.8, 4) is 11.5 Å². The number of fused-ring (bicyclic) bond motifs is 2. The summed E-state index contributed by atoms with van der Waals surface area (Å²) in [5.74, 6) is 1.13. The van der Waals surface area contributed by atoms with E-state index >= 15 is 0 Å². The second kappa shape index (κ2) is 15.2. The van der Waals surface area contributed by atoms with Crippen LogP contribution >= 0.6 is 15.9 Å². The number of hydrogen-bond acceptors (Lipinski definition) is 6. The number of carbonyl (C=O) groups excluding carboxylic acids is 3. The van der Waals surface area contributed by atoms with Gasteiger partial charge < -0.3 is 30.3 Å². The molecule has 0 spiro atoms. The van der Waals surface area contributed by atoms with Gasteiger partial charge in [-0.3, -0.25) is 14.4 Å². The third kappa shape index (κ3) is 8.61. The number of amides is 3. The van der Waals surface area contributed by atoms with Gasteiger partial charge in [-0.05, 0) is 78.8 Å². The summed E-state index contributed by atoms with van der Waals surface area (Å²) in [5.41, 5.74) is 9.13. The Labute approximate surface area is 284 Å². The van der Waals surface area contributed by atoms with Crippen molar-refractivity contribution < 1.29 is 23.9 Å². The van der Waals surface area contributed by atoms with Gasteiger partial charge in [-0.25, -0.2) is 0 Å². The first kappa shape index (κ1) is 32.8. The van der Waals surface area contributed by atoms with Crippen LogP contribution in [0.5, 0.6) is 11.5 Å². The minimum atomic E-state index is -0.403. The second-order valence-electron chi connectivity index (χ2n) is 12.5. The lowest BCUT2D eigenvalue weighted by molar-refractivity contribution is -0.134. The number of rotatable bonds is 14. The van der Waals surface area contributed by atoms with E-state index in [1.807, 2.05) is 76.5 Å². The molecule has 3 aromatic rings. The maximum absolute atomic E-state index is 14.6. The van der Waals surface area contributed by atoms with Crippen molar-refractivity contribution in [2.24, 2.45) is 5.73 Å². The largest absolute Gasteiger partial charge is 0.490 e. The van der Waals surface area contributed by atoms with Crippen molar-refractivity contribution in [2.45, 2.75) is 63.2 Å². The molecule has 0 radical (unpaired) electrons. The molecule has 10 heteroatoms. The fourth-order valence-electron chi connectivity index (χ4n) is 6.43. The molecule has 3 N–H and O–H groups in total. The van der Waals surface area contributed by atoms with Gasteiger partial charge in [0.25, 0.3) is 5.91 Å². The average molecular weight is 702 g/mol. The van der Waals surface area contributed by atoms with Crippen LogP contribution in [0.4, 0.5) is 0 Å². The lowest BCUT2D eigenvalue weighted by Gasteiger charge is -2.45. The van der Waals surface area contributed by atoms with Gasteiger partial charge in [0.15, 0.2) is 0 Å². The molecule has 2 bridgehead atoms. The fourth-order valence-corrected chi connectivity index (χ4v) is 6.70. The van der Waals surface area contributed by atoms with Crippen LogP contribution in [0.2, 0.25) is 0 Å². The summed E-state index contributed by atoms with van der Waals surface area (Å²) in [6.45, 7) is 2.31. The molecule has 246 valence electrons. The van der Waals surface area contributed by atoms with E-state index in [0.29, 0.717) is 45.7 Å². The molecular formula is C37H41BrN4O5. The molecule has 2 fully saturated rings. The van der Waals surface area contributed by atoms with E-state index in [0.717, 1.165) is 51.1 Å². The molecule has 1 saturated carbocycles. The number of nitrogens with two attached hydrogens (primary N) is 1. The van der Waals surface area contributed by atoms with Gasteiger partial charge in [-0.2, -0.15) is 0 Å². The zero-order valence-electron chi connectivity index (χ0n) is 26.4. The van der Waals surface area contributed by atoms with Gasteiger partial charge in [0.1, 0.15) is 24.7 Å².